The van der Waals surface area contributed by atoms with Gasteiger partial charge in [0.05, 0.1) is 48.6 Å². The molecule has 0 saturated carbocycles. The number of esters is 1. The van der Waals surface area contributed by atoms with Crippen LogP contribution >= 0.6 is 11.6 Å². The molecule has 3 aromatic rings. The molecule has 0 bridgehead atoms. The van der Waals surface area contributed by atoms with E-state index in [2.05, 4.69) is 0 Å². The third-order valence-corrected chi connectivity index (χ3v) is 7.75. The Morgan fingerprint density at radius 1 is 0.902 bits per heavy atom. The first-order valence-electron chi connectivity index (χ1n) is 13.2. The first-order chi connectivity index (χ1) is 19.4. The van der Waals surface area contributed by atoms with Crippen molar-refractivity contribution in [2.45, 2.75) is 27.7 Å². The van der Waals surface area contributed by atoms with Gasteiger partial charge in [-0.1, -0.05) is 48.0 Å². The van der Waals surface area contributed by atoms with E-state index in [4.69, 9.17) is 30.8 Å². The van der Waals surface area contributed by atoms with Crippen molar-refractivity contribution in [3.63, 3.8) is 0 Å². The molecule has 0 amide bonds. The maximum absolute atomic E-state index is 13.8. The molecular weight excluding hydrogens is 538 g/mol. The molecule has 0 saturated heterocycles. The first-order valence-corrected chi connectivity index (χ1v) is 13.6. The summed E-state index contributed by atoms with van der Waals surface area (Å²) in [4.78, 5) is 31.8. The summed E-state index contributed by atoms with van der Waals surface area (Å²) in [6, 6.07) is 22.2. The highest BCUT2D eigenvalue weighted by Gasteiger charge is 2.48. The molecule has 212 valence electrons. The number of nitrogens with zero attached hydrogens (tertiary/aromatic N) is 1. The van der Waals surface area contributed by atoms with Crippen LogP contribution in [0.15, 0.2) is 95.0 Å². The molecule has 0 spiro atoms. The molecule has 0 aliphatic heterocycles. The average Bonchev–Trinajstić information content (AvgIpc) is 2.98. The normalized spacial score (nSPS) is 15.4. The van der Waals surface area contributed by atoms with Crippen LogP contribution in [-0.4, -0.2) is 38.8 Å². The topological polar surface area (TPSA) is 74.2 Å². The first kappa shape index (κ1) is 29.8. The molecule has 0 radical (unpaired) electrons. The van der Waals surface area contributed by atoms with Crippen molar-refractivity contribution in [3.05, 3.63) is 106 Å². The standard InChI is InChI=1S/C34H34ClNO5/c1-33(2)26(20-25(21-11-9-8-10-12-21)34(3,4)32(38)41-7)29(31(33)37)30(22-13-18-28(40-6)27(35)19-22)36-23-14-16-24(39-5)17-15-23/h8-20H,1-7H3/b25-20-,36-30?. The van der Waals surface area contributed by atoms with Crippen molar-refractivity contribution >= 4 is 40.3 Å². The number of rotatable bonds is 9. The fourth-order valence-electron chi connectivity index (χ4n) is 4.91. The number of benzene rings is 3. The molecule has 0 heterocycles. The number of ether oxygens (including phenoxy) is 3. The van der Waals surface area contributed by atoms with Gasteiger partial charge in [0.25, 0.3) is 0 Å². The molecule has 0 atom stereocenters. The van der Waals surface area contributed by atoms with Crippen molar-refractivity contribution in [2.75, 3.05) is 21.3 Å². The summed E-state index contributed by atoms with van der Waals surface area (Å²) in [5.41, 5.74) is 2.75. The fourth-order valence-corrected chi connectivity index (χ4v) is 5.17. The average molecular weight is 572 g/mol. The van der Waals surface area contributed by atoms with Gasteiger partial charge in [0.15, 0.2) is 5.78 Å². The van der Waals surface area contributed by atoms with E-state index in [9.17, 15) is 9.59 Å². The van der Waals surface area contributed by atoms with Crippen LogP contribution in [0.4, 0.5) is 5.69 Å². The van der Waals surface area contributed by atoms with Crippen LogP contribution in [-0.2, 0) is 14.3 Å². The van der Waals surface area contributed by atoms with E-state index in [0.29, 0.717) is 39.1 Å². The zero-order valence-corrected chi connectivity index (χ0v) is 25.1. The summed E-state index contributed by atoms with van der Waals surface area (Å²) < 4.78 is 15.8. The lowest BCUT2D eigenvalue weighted by atomic mass is 9.61. The Hall–Kier alpha value is -4.16. The SMILES string of the molecule is COC(=O)C(C)(C)/C(=C\C1=C(C(=Nc2ccc(OC)cc2)c2ccc(OC)c(Cl)c2)C(=O)C1(C)C)c1ccccc1. The van der Waals surface area contributed by atoms with Crippen molar-refractivity contribution < 1.29 is 23.8 Å². The van der Waals surface area contributed by atoms with Crippen LogP contribution in [0.1, 0.15) is 38.8 Å². The highest BCUT2D eigenvalue weighted by molar-refractivity contribution is 6.37. The van der Waals surface area contributed by atoms with Gasteiger partial charge in [0, 0.05) is 11.1 Å². The number of methoxy groups -OCH3 is 3. The molecule has 1 aliphatic carbocycles. The van der Waals surface area contributed by atoms with Gasteiger partial charge >= 0.3 is 5.97 Å². The van der Waals surface area contributed by atoms with E-state index in [0.717, 1.165) is 16.7 Å². The summed E-state index contributed by atoms with van der Waals surface area (Å²) in [6.07, 6.45) is 1.94. The molecule has 41 heavy (non-hydrogen) atoms. The number of ketones is 1. The van der Waals surface area contributed by atoms with E-state index >= 15 is 0 Å². The highest BCUT2D eigenvalue weighted by Crippen LogP contribution is 2.48. The monoisotopic (exact) mass is 571 g/mol. The third-order valence-electron chi connectivity index (χ3n) is 7.46. The molecular formula is C34H34ClNO5. The van der Waals surface area contributed by atoms with Crippen LogP contribution < -0.4 is 9.47 Å². The van der Waals surface area contributed by atoms with Gasteiger partial charge in [-0.05, 0) is 86.9 Å². The predicted octanol–water partition coefficient (Wildman–Crippen LogP) is 7.67. The molecule has 3 aromatic carbocycles. The zero-order chi connectivity index (χ0) is 29.9. The van der Waals surface area contributed by atoms with Gasteiger partial charge in [-0.25, -0.2) is 4.99 Å². The Morgan fingerprint density at radius 3 is 2.12 bits per heavy atom. The van der Waals surface area contributed by atoms with E-state index in [1.807, 2.05) is 94.4 Å². The van der Waals surface area contributed by atoms with Crippen LogP contribution in [0.5, 0.6) is 11.5 Å². The van der Waals surface area contributed by atoms with Crippen LogP contribution in [0.25, 0.3) is 5.57 Å². The molecule has 6 nitrogen and oxygen atoms in total. The molecule has 0 fully saturated rings. The molecule has 0 unspecified atom stereocenters. The number of hydrogen-bond acceptors (Lipinski definition) is 6. The zero-order valence-electron chi connectivity index (χ0n) is 24.4. The van der Waals surface area contributed by atoms with Gasteiger partial charge < -0.3 is 14.2 Å². The van der Waals surface area contributed by atoms with E-state index in [1.165, 1.54) is 7.11 Å². The van der Waals surface area contributed by atoms with Gasteiger partial charge in [-0.2, -0.15) is 0 Å². The van der Waals surface area contributed by atoms with Crippen molar-refractivity contribution in [3.8, 4) is 11.5 Å². The summed E-state index contributed by atoms with van der Waals surface area (Å²) in [5, 5.41) is 0.396. The quantitative estimate of drug-likeness (QED) is 0.195. The van der Waals surface area contributed by atoms with E-state index in [1.54, 1.807) is 26.4 Å². The lowest BCUT2D eigenvalue weighted by molar-refractivity contribution is -0.147. The minimum absolute atomic E-state index is 0.0637. The van der Waals surface area contributed by atoms with E-state index in [-0.39, 0.29) is 11.8 Å². The number of allylic oxidation sites excluding steroid dienone is 3. The molecule has 1 aliphatic rings. The predicted molar refractivity (Wildman–Crippen MR) is 163 cm³/mol. The molecule has 4 rings (SSSR count). The Balaban J connectivity index is 2.03. The summed E-state index contributed by atoms with van der Waals surface area (Å²) in [7, 11) is 4.52. The maximum atomic E-state index is 13.8. The largest absolute Gasteiger partial charge is 0.497 e. The number of Topliss-reactive ketones (excluding diaryl/α,β-unsaturated/α-hetero) is 1. The number of hydrogen-bond donors (Lipinski definition) is 0. The highest BCUT2D eigenvalue weighted by atomic mass is 35.5. The summed E-state index contributed by atoms with van der Waals surface area (Å²) >= 11 is 6.53. The molecule has 0 aromatic heterocycles. The van der Waals surface area contributed by atoms with E-state index < -0.39 is 10.8 Å². The van der Waals surface area contributed by atoms with Crippen molar-refractivity contribution in [2.24, 2.45) is 15.8 Å². The van der Waals surface area contributed by atoms with Crippen molar-refractivity contribution in [1.29, 1.82) is 0 Å². The van der Waals surface area contributed by atoms with Crippen molar-refractivity contribution in [1.82, 2.24) is 0 Å². The van der Waals surface area contributed by atoms with Gasteiger partial charge in [-0.15, -0.1) is 0 Å². The maximum Gasteiger partial charge on any atom is 0.315 e. The molecule has 7 heteroatoms. The third kappa shape index (κ3) is 5.70. The van der Waals surface area contributed by atoms with Crippen LogP contribution in [0.2, 0.25) is 5.02 Å². The summed E-state index contributed by atoms with van der Waals surface area (Å²) in [5.74, 6) is 0.762. The minimum atomic E-state index is -1.00. The van der Waals surface area contributed by atoms with Gasteiger partial charge in [-0.3, -0.25) is 9.59 Å². The smallest absolute Gasteiger partial charge is 0.315 e. The lowest BCUT2D eigenvalue weighted by Gasteiger charge is -2.39. The Morgan fingerprint density at radius 2 is 1.56 bits per heavy atom. The minimum Gasteiger partial charge on any atom is -0.497 e. The Bertz CT molecular complexity index is 1560. The van der Waals surface area contributed by atoms with Crippen LogP contribution in [0.3, 0.4) is 0 Å². The van der Waals surface area contributed by atoms with Gasteiger partial charge in [0.2, 0.25) is 0 Å². The lowest BCUT2D eigenvalue weighted by Crippen LogP contribution is -2.42. The molecule has 0 N–H and O–H groups in total. The Kier molecular flexibility index (Phi) is 8.55. The second-order valence-electron chi connectivity index (χ2n) is 10.8. The number of carbonyl (C=O) groups is 2. The number of aliphatic imine (C=N–C) groups is 1. The van der Waals surface area contributed by atoms with Crippen LogP contribution in [0, 0.1) is 10.8 Å². The fraction of sp³-hybridized carbons (Fsp3) is 0.265. The number of carbonyl (C=O) groups excluding carboxylic acids is 2. The number of halogens is 1. The second-order valence-corrected chi connectivity index (χ2v) is 11.2. The second kappa shape index (κ2) is 11.8. The summed E-state index contributed by atoms with van der Waals surface area (Å²) in [6.45, 7) is 7.40. The van der Waals surface area contributed by atoms with Gasteiger partial charge in [0.1, 0.15) is 11.5 Å². The Labute approximate surface area is 246 Å².